The maximum Gasteiger partial charge on any atom is 0.258 e. The van der Waals surface area contributed by atoms with Crippen LogP contribution in [0.25, 0.3) is 11.5 Å². The first-order valence-electron chi connectivity index (χ1n) is 7.30. The van der Waals surface area contributed by atoms with E-state index in [-0.39, 0.29) is 18.5 Å². The lowest BCUT2D eigenvalue weighted by Crippen LogP contribution is -2.40. The van der Waals surface area contributed by atoms with Gasteiger partial charge < -0.3 is 14.7 Å². The highest BCUT2D eigenvalue weighted by Crippen LogP contribution is 2.21. The fourth-order valence-corrected chi connectivity index (χ4v) is 2.03. The molecule has 0 saturated heterocycles. The first-order valence-corrected chi connectivity index (χ1v) is 7.30. The third-order valence-corrected chi connectivity index (χ3v) is 3.01. The molecule has 0 aliphatic carbocycles. The zero-order chi connectivity index (χ0) is 16.1. The van der Waals surface area contributed by atoms with E-state index < -0.39 is 0 Å². The quantitative estimate of drug-likeness (QED) is 0.876. The standard InChI is InChI=1S/C15H21N5O2/c1-5-20(9-14(21)17-10(2)3)13-8-12(6-7-16-13)15-18-11(4)19-22-15/h6-8,10H,5,9H2,1-4H3,(H,17,21). The molecule has 2 rings (SSSR count). The maximum atomic E-state index is 11.9. The minimum atomic E-state index is -0.0299. The van der Waals surface area contributed by atoms with E-state index in [1.165, 1.54) is 0 Å². The van der Waals surface area contributed by atoms with Crippen LogP contribution in [0.1, 0.15) is 26.6 Å². The number of pyridine rings is 1. The second kappa shape index (κ2) is 7.02. The Bertz CT molecular complexity index is 638. The van der Waals surface area contributed by atoms with Crippen LogP contribution in [0.2, 0.25) is 0 Å². The van der Waals surface area contributed by atoms with E-state index in [0.29, 0.717) is 24.1 Å². The Morgan fingerprint density at radius 3 is 2.82 bits per heavy atom. The van der Waals surface area contributed by atoms with Gasteiger partial charge in [0, 0.05) is 24.3 Å². The molecule has 2 heterocycles. The van der Waals surface area contributed by atoms with Crippen LogP contribution >= 0.6 is 0 Å². The van der Waals surface area contributed by atoms with Crippen LogP contribution in [0, 0.1) is 6.92 Å². The summed E-state index contributed by atoms with van der Waals surface area (Å²) in [7, 11) is 0. The Hall–Kier alpha value is -2.44. The van der Waals surface area contributed by atoms with Crippen LogP contribution < -0.4 is 10.2 Å². The molecule has 118 valence electrons. The lowest BCUT2D eigenvalue weighted by Gasteiger charge is -2.22. The van der Waals surface area contributed by atoms with E-state index in [1.807, 2.05) is 31.7 Å². The molecule has 2 aromatic heterocycles. The van der Waals surface area contributed by atoms with Crippen LogP contribution in [-0.4, -0.2) is 40.2 Å². The van der Waals surface area contributed by atoms with E-state index in [4.69, 9.17) is 4.52 Å². The SMILES string of the molecule is CCN(CC(=O)NC(C)C)c1cc(-c2nc(C)no2)ccn1. The van der Waals surface area contributed by atoms with Crippen molar-refractivity contribution in [3.63, 3.8) is 0 Å². The van der Waals surface area contributed by atoms with Crippen molar-refractivity contribution < 1.29 is 9.32 Å². The normalized spacial score (nSPS) is 10.8. The fraction of sp³-hybridized carbons (Fsp3) is 0.467. The Kier molecular flexibility index (Phi) is 5.08. The monoisotopic (exact) mass is 303 g/mol. The largest absolute Gasteiger partial charge is 0.352 e. The number of carbonyl (C=O) groups excluding carboxylic acids is 1. The maximum absolute atomic E-state index is 11.9. The first kappa shape index (κ1) is 15.9. The van der Waals surface area contributed by atoms with Gasteiger partial charge in [-0.05, 0) is 39.8 Å². The molecule has 0 bridgehead atoms. The number of aryl methyl sites for hydroxylation is 1. The highest BCUT2D eigenvalue weighted by atomic mass is 16.5. The van der Waals surface area contributed by atoms with Gasteiger partial charge in [-0.25, -0.2) is 4.98 Å². The first-order chi connectivity index (χ1) is 10.5. The summed E-state index contributed by atoms with van der Waals surface area (Å²) in [5.74, 6) is 1.70. The minimum Gasteiger partial charge on any atom is -0.352 e. The summed E-state index contributed by atoms with van der Waals surface area (Å²) in [5, 5.41) is 6.66. The molecule has 0 fully saturated rings. The molecule has 7 heteroatoms. The molecule has 0 saturated carbocycles. The molecular weight excluding hydrogens is 282 g/mol. The van der Waals surface area contributed by atoms with Gasteiger partial charge in [0.25, 0.3) is 5.89 Å². The topological polar surface area (TPSA) is 84.2 Å². The molecule has 0 aliphatic heterocycles. The Morgan fingerprint density at radius 2 is 2.23 bits per heavy atom. The van der Waals surface area contributed by atoms with Crippen molar-refractivity contribution in [2.75, 3.05) is 18.0 Å². The number of hydrogen-bond acceptors (Lipinski definition) is 6. The molecule has 0 atom stereocenters. The summed E-state index contributed by atoms with van der Waals surface area (Å²) >= 11 is 0. The van der Waals surface area contributed by atoms with Crippen molar-refractivity contribution in [2.24, 2.45) is 0 Å². The second-order valence-electron chi connectivity index (χ2n) is 5.29. The summed E-state index contributed by atoms with van der Waals surface area (Å²) < 4.78 is 5.17. The van der Waals surface area contributed by atoms with Gasteiger partial charge >= 0.3 is 0 Å². The summed E-state index contributed by atoms with van der Waals surface area (Å²) in [6, 6.07) is 3.77. The second-order valence-corrected chi connectivity index (χ2v) is 5.29. The predicted octanol–water partition coefficient (Wildman–Crippen LogP) is 1.79. The van der Waals surface area contributed by atoms with Crippen molar-refractivity contribution in [1.82, 2.24) is 20.4 Å². The lowest BCUT2D eigenvalue weighted by atomic mass is 10.2. The summed E-state index contributed by atoms with van der Waals surface area (Å²) in [4.78, 5) is 22.4. The van der Waals surface area contributed by atoms with E-state index in [1.54, 1.807) is 19.2 Å². The highest BCUT2D eigenvalue weighted by molar-refractivity contribution is 5.81. The molecule has 1 amide bonds. The van der Waals surface area contributed by atoms with Crippen molar-refractivity contribution in [1.29, 1.82) is 0 Å². The Balaban J connectivity index is 2.17. The van der Waals surface area contributed by atoms with Gasteiger partial charge in [-0.3, -0.25) is 4.79 Å². The van der Waals surface area contributed by atoms with Crippen molar-refractivity contribution in [3.05, 3.63) is 24.2 Å². The number of anilines is 1. The molecule has 2 aromatic rings. The fourth-order valence-electron chi connectivity index (χ4n) is 2.03. The van der Waals surface area contributed by atoms with E-state index in [2.05, 4.69) is 20.4 Å². The number of amides is 1. The number of hydrogen-bond donors (Lipinski definition) is 1. The lowest BCUT2D eigenvalue weighted by molar-refractivity contribution is -0.120. The van der Waals surface area contributed by atoms with Gasteiger partial charge in [-0.1, -0.05) is 5.16 Å². The van der Waals surface area contributed by atoms with Gasteiger partial charge in [-0.2, -0.15) is 4.98 Å². The zero-order valence-corrected chi connectivity index (χ0v) is 13.3. The molecule has 0 aliphatic rings. The molecule has 0 spiro atoms. The minimum absolute atomic E-state index is 0.0299. The molecule has 0 radical (unpaired) electrons. The van der Waals surface area contributed by atoms with E-state index in [9.17, 15) is 4.79 Å². The van der Waals surface area contributed by atoms with Crippen molar-refractivity contribution in [2.45, 2.75) is 33.7 Å². The van der Waals surface area contributed by atoms with Crippen LogP contribution in [0.5, 0.6) is 0 Å². The molecule has 0 unspecified atom stereocenters. The third kappa shape index (κ3) is 4.03. The van der Waals surface area contributed by atoms with Gasteiger partial charge in [0.1, 0.15) is 5.82 Å². The van der Waals surface area contributed by atoms with E-state index in [0.717, 1.165) is 5.56 Å². The average molecular weight is 303 g/mol. The average Bonchev–Trinajstić information content (AvgIpc) is 2.91. The van der Waals surface area contributed by atoms with Gasteiger partial charge in [0.05, 0.1) is 6.54 Å². The summed E-state index contributed by atoms with van der Waals surface area (Å²) in [6.45, 7) is 8.55. The van der Waals surface area contributed by atoms with Gasteiger partial charge in [-0.15, -0.1) is 0 Å². The zero-order valence-electron chi connectivity index (χ0n) is 13.3. The number of nitrogens with one attached hydrogen (secondary N) is 1. The van der Waals surface area contributed by atoms with E-state index >= 15 is 0 Å². The predicted molar refractivity (Wildman–Crippen MR) is 83.4 cm³/mol. The summed E-state index contributed by atoms with van der Waals surface area (Å²) in [6.07, 6.45) is 1.67. The molecule has 7 nitrogen and oxygen atoms in total. The van der Waals surface area contributed by atoms with Crippen LogP contribution in [0.4, 0.5) is 5.82 Å². The number of aromatic nitrogens is 3. The number of nitrogens with zero attached hydrogens (tertiary/aromatic N) is 4. The third-order valence-electron chi connectivity index (χ3n) is 3.01. The van der Waals surface area contributed by atoms with Crippen LogP contribution in [-0.2, 0) is 4.79 Å². The van der Waals surface area contributed by atoms with Crippen molar-refractivity contribution >= 4 is 11.7 Å². The van der Waals surface area contributed by atoms with Crippen LogP contribution in [0.3, 0.4) is 0 Å². The molecule has 22 heavy (non-hydrogen) atoms. The molecule has 1 N–H and O–H groups in total. The number of carbonyl (C=O) groups is 1. The number of likely N-dealkylation sites (N-methyl/N-ethyl adjacent to an activating group) is 1. The van der Waals surface area contributed by atoms with Crippen molar-refractivity contribution in [3.8, 4) is 11.5 Å². The summed E-state index contributed by atoms with van der Waals surface area (Å²) in [5.41, 5.74) is 0.785. The number of rotatable bonds is 6. The highest BCUT2D eigenvalue weighted by Gasteiger charge is 2.14. The molecule has 0 aromatic carbocycles. The van der Waals surface area contributed by atoms with Gasteiger partial charge in [0.2, 0.25) is 5.91 Å². The van der Waals surface area contributed by atoms with Crippen LogP contribution in [0.15, 0.2) is 22.9 Å². The smallest absolute Gasteiger partial charge is 0.258 e. The Morgan fingerprint density at radius 1 is 1.45 bits per heavy atom. The molecular formula is C15H21N5O2. The Labute approximate surface area is 129 Å². The van der Waals surface area contributed by atoms with Gasteiger partial charge in [0.15, 0.2) is 5.82 Å².